The van der Waals surface area contributed by atoms with E-state index >= 15 is 0 Å². The molecule has 1 unspecified atom stereocenters. The average Bonchev–Trinajstić information content (AvgIpc) is 1.64. The van der Waals surface area contributed by atoms with Crippen molar-refractivity contribution < 1.29 is 4.92 Å². The Labute approximate surface area is 56.4 Å². The molecular weight excluding hydrogens is 174 g/mol. The van der Waals surface area contributed by atoms with Crippen LogP contribution >= 0.6 is 15.9 Å². The molecule has 0 aromatic heterocycles. The lowest BCUT2D eigenvalue weighted by Gasteiger charge is -2.02. The van der Waals surface area contributed by atoms with E-state index in [-0.39, 0.29) is 9.75 Å². The number of nitro groups is 1. The van der Waals surface area contributed by atoms with Crippen LogP contribution in [0.1, 0.15) is 13.8 Å². The molecule has 0 radical (unpaired) electrons. The van der Waals surface area contributed by atoms with Gasteiger partial charge < -0.3 is 0 Å². The van der Waals surface area contributed by atoms with Crippen molar-refractivity contribution in [2.75, 3.05) is 0 Å². The third-order valence-corrected chi connectivity index (χ3v) is 1.76. The first-order valence-corrected chi connectivity index (χ1v) is 3.25. The molecule has 8 heavy (non-hydrogen) atoms. The van der Waals surface area contributed by atoms with Gasteiger partial charge in [0.2, 0.25) is 6.04 Å². The van der Waals surface area contributed by atoms with Gasteiger partial charge in [0.1, 0.15) is 0 Å². The largest absolute Gasteiger partial charge is 0.264 e. The zero-order valence-electron chi connectivity index (χ0n) is 4.80. The zero-order valence-corrected chi connectivity index (χ0v) is 6.38. The molecule has 3 nitrogen and oxygen atoms in total. The molecule has 4 heteroatoms. The fourth-order valence-corrected chi connectivity index (χ4v) is 0.361. The van der Waals surface area contributed by atoms with Gasteiger partial charge in [0.15, 0.2) is 0 Å². The van der Waals surface area contributed by atoms with Gasteiger partial charge in [-0.15, -0.1) is 0 Å². The third-order valence-electron chi connectivity index (χ3n) is 0.997. The zero-order chi connectivity index (χ0) is 6.73. The van der Waals surface area contributed by atoms with Crippen molar-refractivity contribution in [1.82, 2.24) is 0 Å². The normalized spacial score (nSPS) is 17.4. The van der Waals surface area contributed by atoms with Gasteiger partial charge >= 0.3 is 0 Å². The summed E-state index contributed by atoms with van der Waals surface area (Å²) < 4.78 is 0. The van der Waals surface area contributed by atoms with Gasteiger partial charge in [0.25, 0.3) is 0 Å². The Hall–Kier alpha value is -0.120. The highest BCUT2D eigenvalue weighted by Crippen LogP contribution is 2.05. The van der Waals surface area contributed by atoms with Crippen LogP contribution in [-0.2, 0) is 0 Å². The summed E-state index contributed by atoms with van der Waals surface area (Å²) in [5.41, 5.74) is 0. The predicted octanol–water partition coefficient (Wildman–Crippen LogP) is 1.43. The van der Waals surface area contributed by atoms with Crippen molar-refractivity contribution in [2.45, 2.75) is 24.7 Å². The average molecular weight is 182 g/mol. The van der Waals surface area contributed by atoms with E-state index in [2.05, 4.69) is 15.9 Å². The Kier molecular flexibility index (Phi) is 2.97. The van der Waals surface area contributed by atoms with E-state index in [1.165, 1.54) is 0 Å². The molecule has 0 heterocycles. The number of hydrogen-bond acceptors (Lipinski definition) is 2. The molecule has 0 N–H and O–H groups in total. The van der Waals surface area contributed by atoms with Gasteiger partial charge in [-0.3, -0.25) is 10.1 Å². The second-order valence-electron chi connectivity index (χ2n) is 1.70. The molecule has 2 atom stereocenters. The Balaban J connectivity index is 3.64. The maximum absolute atomic E-state index is 9.92. The Bertz CT molecular complexity index is 94.0. The van der Waals surface area contributed by atoms with Gasteiger partial charge in [-0.05, 0) is 6.92 Å². The van der Waals surface area contributed by atoms with E-state index in [9.17, 15) is 10.1 Å². The molecule has 0 fully saturated rings. The molecule has 0 amide bonds. The Morgan fingerprint density at radius 3 is 2.00 bits per heavy atom. The summed E-state index contributed by atoms with van der Waals surface area (Å²) in [4.78, 5) is 9.57. The summed E-state index contributed by atoms with van der Waals surface area (Å²) in [7, 11) is 0. The van der Waals surface area contributed by atoms with E-state index in [0.29, 0.717) is 0 Å². The van der Waals surface area contributed by atoms with E-state index in [0.717, 1.165) is 0 Å². The van der Waals surface area contributed by atoms with Crippen LogP contribution in [0.4, 0.5) is 0 Å². The van der Waals surface area contributed by atoms with E-state index in [1.807, 2.05) is 0 Å². The van der Waals surface area contributed by atoms with Crippen LogP contribution in [0, 0.1) is 10.1 Å². The van der Waals surface area contributed by atoms with Crippen molar-refractivity contribution in [3.05, 3.63) is 10.1 Å². The summed E-state index contributed by atoms with van der Waals surface area (Å²) in [6.07, 6.45) is 0. The van der Waals surface area contributed by atoms with Crippen LogP contribution in [-0.4, -0.2) is 15.8 Å². The molecule has 0 saturated carbocycles. The van der Waals surface area contributed by atoms with Crippen LogP contribution in [0.3, 0.4) is 0 Å². The molecule has 48 valence electrons. The number of rotatable bonds is 2. The molecule has 0 aliphatic heterocycles. The van der Waals surface area contributed by atoms with Crippen LogP contribution in [0.2, 0.25) is 0 Å². The quantitative estimate of drug-likeness (QED) is 0.368. The summed E-state index contributed by atoms with van der Waals surface area (Å²) in [5, 5.41) is 9.92. The first kappa shape index (κ1) is 7.88. The van der Waals surface area contributed by atoms with Crippen molar-refractivity contribution in [3.8, 4) is 0 Å². The minimum Gasteiger partial charge on any atom is -0.264 e. The minimum absolute atomic E-state index is 0.0440. The lowest BCUT2D eigenvalue weighted by atomic mass is 10.3. The third kappa shape index (κ3) is 2.26. The summed E-state index contributed by atoms with van der Waals surface area (Å²) in [5.74, 6) is 0. The fraction of sp³-hybridized carbons (Fsp3) is 1.00. The molecule has 0 aromatic rings. The second kappa shape index (κ2) is 3.02. The van der Waals surface area contributed by atoms with Crippen LogP contribution in [0.5, 0.6) is 0 Å². The Morgan fingerprint density at radius 2 is 2.00 bits per heavy atom. The molecule has 0 aromatic carbocycles. The van der Waals surface area contributed by atoms with Crippen LogP contribution in [0.15, 0.2) is 0 Å². The first-order valence-electron chi connectivity index (χ1n) is 2.33. The highest BCUT2D eigenvalue weighted by atomic mass is 79.9. The van der Waals surface area contributed by atoms with Crippen LogP contribution < -0.4 is 0 Å². The first-order chi connectivity index (χ1) is 3.55. The Morgan fingerprint density at radius 1 is 1.62 bits per heavy atom. The predicted molar refractivity (Wildman–Crippen MR) is 34.8 cm³/mol. The number of alkyl halides is 1. The topological polar surface area (TPSA) is 43.1 Å². The van der Waals surface area contributed by atoms with Gasteiger partial charge in [-0.1, -0.05) is 15.9 Å². The maximum Gasteiger partial charge on any atom is 0.222 e. The van der Waals surface area contributed by atoms with E-state index in [1.54, 1.807) is 13.8 Å². The van der Waals surface area contributed by atoms with Crippen molar-refractivity contribution in [1.29, 1.82) is 0 Å². The summed E-state index contributed by atoms with van der Waals surface area (Å²) in [6, 6.07) is -0.491. The number of halogens is 1. The summed E-state index contributed by atoms with van der Waals surface area (Å²) in [6.45, 7) is 3.33. The maximum atomic E-state index is 9.92. The van der Waals surface area contributed by atoms with E-state index in [4.69, 9.17) is 0 Å². The highest BCUT2D eigenvalue weighted by molar-refractivity contribution is 9.09. The van der Waals surface area contributed by atoms with Crippen molar-refractivity contribution >= 4 is 15.9 Å². The lowest BCUT2D eigenvalue weighted by molar-refractivity contribution is -0.516. The van der Waals surface area contributed by atoms with Gasteiger partial charge in [-0.2, -0.15) is 0 Å². The van der Waals surface area contributed by atoms with Crippen LogP contribution in [0.25, 0.3) is 0 Å². The molecule has 0 rings (SSSR count). The second-order valence-corrected chi connectivity index (χ2v) is 3.15. The van der Waals surface area contributed by atoms with Crippen molar-refractivity contribution in [2.24, 2.45) is 0 Å². The van der Waals surface area contributed by atoms with E-state index < -0.39 is 6.04 Å². The molecular formula is C4H8BrNO2. The molecule has 0 aliphatic carbocycles. The molecule has 0 saturated heterocycles. The summed E-state index contributed by atoms with van der Waals surface area (Å²) >= 11 is 3.10. The smallest absolute Gasteiger partial charge is 0.222 e. The lowest BCUT2D eigenvalue weighted by Crippen LogP contribution is -2.23. The minimum atomic E-state index is -0.491. The number of nitrogens with zero attached hydrogens (tertiary/aromatic N) is 1. The van der Waals surface area contributed by atoms with Gasteiger partial charge in [-0.25, -0.2) is 0 Å². The van der Waals surface area contributed by atoms with Gasteiger partial charge in [0, 0.05) is 11.8 Å². The molecule has 0 bridgehead atoms. The highest BCUT2D eigenvalue weighted by Gasteiger charge is 2.17. The molecule has 0 aliphatic rings. The fourth-order valence-electron chi connectivity index (χ4n) is 0.168. The SMILES string of the molecule is CC([C@H](C)Br)[N+](=O)[O-]. The number of hydrogen-bond donors (Lipinski definition) is 0. The standard InChI is InChI=1S/C4H8BrNO2/c1-3(5)4(2)6(7)8/h3-4H,1-2H3/t3-,4?/m0/s1. The van der Waals surface area contributed by atoms with Crippen molar-refractivity contribution in [3.63, 3.8) is 0 Å². The molecule has 0 spiro atoms. The van der Waals surface area contributed by atoms with Gasteiger partial charge in [0.05, 0.1) is 4.83 Å². The monoisotopic (exact) mass is 181 g/mol.